The van der Waals surface area contributed by atoms with Crippen LogP contribution in [0.3, 0.4) is 0 Å². The van der Waals surface area contributed by atoms with Gasteiger partial charge in [0.05, 0.1) is 7.11 Å². The molecule has 0 unspecified atom stereocenters. The number of hydrogen-bond acceptors (Lipinski definition) is 4. The van der Waals surface area contributed by atoms with Crippen molar-refractivity contribution in [2.45, 2.75) is 64.0 Å². The monoisotopic (exact) mass is 452 g/mol. The fourth-order valence-corrected chi connectivity index (χ4v) is 5.71. The molecule has 0 bridgehead atoms. The van der Waals surface area contributed by atoms with Crippen molar-refractivity contribution in [3.8, 4) is 16.9 Å². The Morgan fingerprint density at radius 1 is 1.12 bits per heavy atom. The van der Waals surface area contributed by atoms with E-state index in [0.29, 0.717) is 30.4 Å². The summed E-state index contributed by atoms with van der Waals surface area (Å²) < 4.78 is 25.8. The maximum atomic E-state index is 15.0. The van der Waals surface area contributed by atoms with Gasteiger partial charge in [-0.2, -0.15) is 0 Å². The maximum absolute atomic E-state index is 15.0. The summed E-state index contributed by atoms with van der Waals surface area (Å²) in [5.41, 5.74) is 4.85. The van der Waals surface area contributed by atoms with Crippen molar-refractivity contribution in [3.05, 3.63) is 47.3 Å². The van der Waals surface area contributed by atoms with Crippen LogP contribution in [0.25, 0.3) is 11.1 Å². The number of likely N-dealkylation sites (tertiary alicyclic amines) is 1. The second-order valence-corrected chi connectivity index (χ2v) is 10.5. The second-order valence-electron chi connectivity index (χ2n) is 10.5. The lowest BCUT2D eigenvalue weighted by molar-refractivity contribution is 0.0189. The SMILES string of the molecule is COc1ccc(-c2cc3c4c(c2)[C@@H]2CN(C(=O)OC(C)(C)C)CC[C@@H]2N4CCCC3)c(F)c1. The van der Waals surface area contributed by atoms with Gasteiger partial charge in [-0.15, -0.1) is 0 Å². The lowest BCUT2D eigenvalue weighted by Gasteiger charge is -2.39. The summed E-state index contributed by atoms with van der Waals surface area (Å²) in [5.74, 6) is 0.446. The summed E-state index contributed by atoms with van der Waals surface area (Å²) in [6.07, 6.45) is 3.97. The van der Waals surface area contributed by atoms with Gasteiger partial charge in [-0.3, -0.25) is 0 Å². The normalized spacial score (nSPS) is 21.8. The van der Waals surface area contributed by atoms with Crippen LogP contribution in [0.15, 0.2) is 30.3 Å². The molecule has 1 saturated heterocycles. The molecule has 1 amide bonds. The van der Waals surface area contributed by atoms with Gasteiger partial charge in [-0.05, 0) is 87.4 Å². The van der Waals surface area contributed by atoms with E-state index in [1.54, 1.807) is 13.2 Å². The van der Waals surface area contributed by atoms with Crippen molar-refractivity contribution >= 4 is 11.8 Å². The average Bonchev–Trinajstić information content (AvgIpc) is 2.92. The van der Waals surface area contributed by atoms with Crippen LogP contribution >= 0.6 is 0 Å². The number of hydrogen-bond donors (Lipinski definition) is 0. The fraction of sp³-hybridized carbons (Fsp3) is 0.519. The minimum Gasteiger partial charge on any atom is -0.497 e. The Hall–Kier alpha value is -2.76. The lowest BCUT2D eigenvalue weighted by Crippen LogP contribution is -2.49. The van der Waals surface area contributed by atoms with Crippen molar-refractivity contribution < 1.29 is 18.7 Å². The van der Waals surface area contributed by atoms with E-state index in [1.165, 1.54) is 22.9 Å². The Labute approximate surface area is 195 Å². The number of methoxy groups -OCH3 is 1. The summed E-state index contributed by atoms with van der Waals surface area (Å²) in [4.78, 5) is 17.2. The molecule has 1 fully saturated rings. The highest BCUT2D eigenvalue weighted by atomic mass is 19.1. The molecule has 0 spiro atoms. The molecule has 0 N–H and O–H groups in total. The van der Waals surface area contributed by atoms with Gasteiger partial charge in [0.15, 0.2) is 0 Å². The van der Waals surface area contributed by atoms with Gasteiger partial charge in [-0.1, -0.05) is 0 Å². The van der Waals surface area contributed by atoms with Crippen LogP contribution in [0.4, 0.5) is 14.9 Å². The zero-order valence-corrected chi connectivity index (χ0v) is 20.0. The second kappa shape index (κ2) is 8.23. The van der Waals surface area contributed by atoms with Gasteiger partial charge in [0.1, 0.15) is 17.2 Å². The van der Waals surface area contributed by atoms with Crippen molar-refractivity contribution in [2.24, 2.45) is 0 Å². The summed E-state index contributed by atoms with van der Waals surface area (Å²) in [6.45, 7) is 8.09. The molecule has 176 valence electrons. The smallest absolute Gasteiger partial charge is 0.410 e. The summed E-state index contributed by atoms with van der Waals surface area (Å²) in [5, 5.41) is 0. The van der Waals surface area contributed by atoms with E-state index >= 15 is 0 Å². The van der Waals surface area contributed by atoms with E-state index in [-0.39, 0.29) is 17.8 Å². The molecule has 0 radical (unpaired) electrons. The molecule has 3 heterocycles. The molecular weight excluding hydrogens is 419 g/mol. The Morgan fingerprint density at radius 2 is 1.94 bits per heavy atom. The number of nitrogens with zero attached hydrogens (tertiary/aromatic N) is 2. The number of halogens is 1. The topological polar surface area (TPSA) is 42.0 Å². The predicted molar refractivity (Wildman–Crippen MR) is 128 cm³/mol. The first-order valence-electron chi connectivity index (χ1n) is 12.0. The zero-order valence-electron chi connectivity index (χ0n) is 20.0. The Morgan fingerprint density at radius 3 is 2.67 bits per heavy atom. The third-order valence-corrected chi connectivity index (χ3v) is 7.12. The summed E-state index contributed by atoms with van der Waals surface area (Å²) in [6, 6.07) is 9.77. The summed E-state index contributed by atoms with van der Waals surface area (Å²) >= 11 is 0. The largest absolute Gasteiger partial charge is 0.497 e. The number of carbonyl (C=O) groups excluding carboxylic acids is 1. The Balaban J connectivity index is 1.54. The molecule has 0 aliphatic carbocycles. The number of aryl methyl sites for hydroxylation is 1. The number of amides is 1. The summed E-state index contributed by atoms with van der Waals surface area (Å²) in [7, 11) is 1.55. The van der Waals surface area contributed by atoms with E-state index in [4.69, 9.17) is 9.47 Å². The third kappa shape index (κ3) is 4.04. The molecule has 5 rings (SSSR count). The number of anilines is 1. The number of rotatable bonds is 2. The lowest BCUT2D eigenvalue weighted by atomic mass is 9.86. The minimum atomic E-state index is -0.513. The van der Waals surface area contributed by atoms with E-state index in [2.05, 4.69) is 17.0 Å². The molecule has 0 saturated carbocycles. The molecule has 3 aliphatic rings. The minimum absolute atomic E-state index is 0.208. The van der Waals surface area contributed by atoms with Gasteiger partial charge in [-0.25, -0.2) is 9.18 Å². The molecular formula is C27H33FN2O3. The van der Waals surface area contributed by atoms with Crippen molar-refractivity contribution in [1.29, 1.82) is 0 Å². The highest BCUT2D eigenvalue weighted by molar-refractivity contribution is 5.77. The molecule has 0 aromatic heterocycles. The van der Waals surface area contributed by atoms with Crippen LogP contribution in [-0.2, 0) is 11.2 Å². The Bertz CT molecular complexity index is 1080. The van der Waals surface area contributed by atoms with Crippen LogP contribution in [0.5, 0.6) is 5.75 Å². The molecule has 2 aromatic rings. The average molecular weight is 453 g/mol. The van der Waals surface area contributed by atoms with Crippen molar-refractivity contribution in [1.82, 2.24) is 4.90 Å². The van der Waals surface area contributed by atoms with Gasteiger partial charge in [0.25, 0.3) is 0 Å². The predicted octanol–water partition coefficient (Wildman–Crippen LogP) is 5.75. The van der Waals surface area contributed by atoms with Crippen molar-refractivity contribution in [2.75, 3.05) is 31.6 Å². The number of ether oxygens (including phenoxy) is 2. The van der Waals surface area contributed by atoms with Crippen LogP contribution < -0.4 is 9.64 Å². The van der Waals surface area contributed by atoms with E-state index < -0.39 is 5.60 Å². The van der Waals surface area contributed by atoms with Crippen LogP contribution in [0, 0.1) is 5.82 Å². The number of benzene rings is 2. The first-order valence-corrected chi connectivity index (χ1v) is 12.0. The van der Waals surface area contributed by atoms with E-state index in [9.17, 15) is 9.18 Å². The molecule has 2 aromatic carbocycles. The highest BCUT2D eigenvalue weighted by Crippen LogP contribution is 2.49. The standard InChI is InChI=1S/C27H33FN2O3/c1-27(2,3)33-26(31)29-12-10-24-22(16-29)21-14-18(20-9-8-19(32-4)15-23(20)28)13-17-7-5-6-11-30(24)25(17)21/h8-9,13-15,22,24H,5-7,10-12,16H2,1-4H3/t22-,24-/m0/s1. The maximum Gasteiger partial charge on any atom is 0.410 e. The number of carbonyl (C=O) groups is 1. The van der Waals surface area contributed by atoms with Gasteiger partial charge in [0, 0.05) is 48.9 Å². The first-order chi connectivity index (χ1) is 15.7. The van der Waals surface area contributed by atoms with Gasteiger partial charge in [0.2, 0.25) is 0 Å². The van der Waals surface area contributed by atoms with Crippen molar-refractivity contribution in [3.63, 3.8) is 0 Å². The molecule has 33 heavy (non-hydrogen) atoms. The highest BCUT2D eigenvalue weighted by Gasteiger charge is 2.45. The number of piperidine rings is 1. The van der Waals surface area contributed by atoms with Crippen LogP contribution in [-0.4, -0.2) is 49.4 Å². The molecule has 5 nitrogen and oxygen atoms in total. The Kier molecular flexibility index (Phi) is 5.50. The van der Waals surface area contributed by atoms with Crippen LogP contribution in [0.1, 0.15) is 57.1 Å². The number of fused-ring (bicyclic) bond motifs is 3. The fourth-order valence-electron chi connectivity index (χ4n) is 5.71. The van der Waals surface area contributed by atoms with E-state index in [0.717, 1.165) is 37.8 Å². The molecule has 3 aliphatic heterocycles. The third-order valence-electron chi connectivity index (χ3n) is 7.12. The first kappa shape index (κ1) is 22.1. The zero-order chi connectivity index (χ0) is 23.3. The van der Waals surface area contributed by atoms with Crippen LogP contribution in [0.2, 0.25) is 0 Å². The quantitative estimate of drug-likeness (QED) is 0.582. The molecule has 6 heteroatoms. The van der Waals surface area contributed by atoms with E-state index in [1.807, 2.05) is 31.7 Å². The molecule has 2 atom stereocenters. The van der Waals surface area contributed by atoms with Gasteiger partial charge < -0.3 is 19.3 Å². The van der Waals surface area contributed by atoms with Gasteiger partial charge >= 0.3 is 6.09 Å².